The first-order valence-electron chi connectivity index (χ1n) is 13.1. The number of esters is 1. The second-order valence-electron chi connectivity index (χ2n) is 10.6. The van der Waals surface area contributed by atoms with Crippen LogP contribution in [0.3, 0.4) is 0 Å². The van der Waals surface area contributed by atoms with Crippen molar-refractivity contribution in [2.45, 2.75) is 60.6 Å². The van der Waals surface area contributed by atoms with E-state index in [-0.39, 0.29) is 25.0 Å². The van der Waals surface area contributed by atoms with Gasteiger partial charge in [0.05, 0.1) is 12.5 Å². The zero-order valence-electron chi connectivity index (χ0n) is 22.9. The monoisotopic (exact) mass is 535 g/mol. The molecular formula is C31H39N2O4S+. The van der Waals surface area contributed by atoms with Crippen molar-refractivity contribution < 1.29 is 24.4 Å². The van der Waals surface area contributed by atoms with Crippen LogP contribution in [0.2, 0.25) is 0 Å². The second kappa shape index (κ2) is 13.6. The van der Waals surface area contributed by atoms with Gasteiger partial charge in [0.1, 0.15) is 12.3 Å². The number of quaternary nitrogens is 1. The Morgan fingerprint density at radius 3 is 2.21 bits per heavy atom. The van der Waals surface area contributed by atoms with E-state index >= 15 is 0 Å². The summed E-state index contributed by atoms with van der Waals surface area (Å²) in [5.74, 6) is 0.402. The fraction of sp³-hybridized carbons (Fsp3) is 0.387. The SMILES string of the molecule is Cc1ccc([NH2+]C(=O)N(Cc2ccc(COC(=O)C(C)C3=CC=C(CC(C)C)CC3C)cc2)C(=O)S)cc1. The molecule has 0 bridgehead atoms. The maximum Gasteiger partial charge on any atom is 0.428 e. The van der Waals surface area contributed by atoms with Gasteiger partial charge in [0, 0.05) is 0 Å². The molecule has 38 heavy (non-hydrogen) atoms. The smallest absolute Gasteiger partial charge is 0.428 e. The first-order valence-corrected chi connectivity index (χ1v) is 13.6. The van der Waals surface area contributed by atoms with E-state index in [1.165, 1.54) is 10.9 Å². The number of hydrogen-bond donors (Lipinski definition) is 2. The first kappa shape index (κ1) is 29.4. The number of nitrogens with two attached hydrogens (primary N) is 1. The number of aryl methyl sites for hydroxylation is 1. The van der Waals surface area contributed by atoms with Crippen molar-refractivity contribution in [1.29, 1.82) is 0 Å². The number of primary amides is 1. The zero-order chi connectivity index (χ0) is 27.8. The molecule has 3 rings (SSSR count). The van der Waals surface area contributed by atoms with Gasteiger partial charge in [-0.25, -0.2) is 15.0 Å². The first-order chi connectivity index (χ1) is 18.0. The Labute approximate surface area is 231 Å². The molecule has 2 atom stereocenters. The van der Waals surface area contributed by atoms with Crippen molar-refractivity contribution in [3.63, 3.8) is 0 Å². The van der Waals surface area contributed by atoms with Crippen molar-refractivity contribution in [2.24, 2.45) is 17.8 Å². The highest BCUT2D eigenvalue weighted by Crippen LogP contribution is 2.33. The van der Waals surface area contributed by atoms with Gasteiger partial charge in [-0.15, -0.1) is 0 Å². The van der Waals surface area contributed by atoms with Gasteiger partial charge < -0.3 is 4.74 Å². The Kier molecular flexibility index (Phi) is 10.5. The van der Waals surface area contributed by atoms with Crippen LogP contribution in [-0.4, -0.2) is 22.1 Å². The number of hydrogen-bond acceptors (Lipinski definition) is 4. The Hall–Kier alpha value is -3.16. The number of allylic oxidation sites excluding steroid dienone is 3. The van der Waals surface area contributed by atoms with E-state index in [0.717, 1.165) is 45.7 Å². The van der Waals surface area contributed by atoms with Crippen molar-refractivity contribution in [3.05, 3.63) is 88.5 Å². The standard InChI is InChI=1S/C31H38N2O4S/c1-20(2)16-26-12-15-28(22(4)17-26)23(5)29(34)37-19-25-10-8-24(9-11-25)18-33(31(36)38)30(35)32-27-13-6-21(3)7-14-27/h6-15,20,22-23H,16-19H2,1-5H3,(H,32,35)(H,36,38)/p+1. The van der Waals surface area contributed by atoms with Crippen LogP contribution in [0, 0.1) is 24.7 Å². The summed E-state index contributed by atoms with van der Waals surface area (Å²) in [6, 6.07) is 14.4. The van der Waals surface area contributed by atoms with E-state index in [4.69, 9.17) is 4.74 Å². The molecular weight excluding hydrogens is 496 g/mol. The predicted molar refractivity (Wildman–Crippen MR) is 153 cm³/mol. The summed E-state index contributed by atoms with van der Waals surface area (Å²) in [6.07, 6.45) is 6.33. The van der Waals surface area contributed by atoms with Crippen molar-refractivity contribution in [1.82, 2.24) is 4.90 Å². The number of carbonyl (C=O) groups excluding carboxylic acids is 3. The molecule has 0 fully saturated rings. The number of ether oxygens (including phenoxy) is 1. The van der Waals surface area contributed by atoms with Crippen LogP contribution in [0.5, 0.6) is 0 Å². The quantitative estimate of drug-likeness (QED) is 0.219. The molecule has 0 radical (unpaired) electrons. The summed E-state index contributed by atoms with van der Waals surface area (Å²) in [4.78, 5) is 38.6. The van der Waals surface area contributed by atoms with E-state index in [9.17, 15) is 14.4 Å². The van der Waals surface area contributed by atoms with Crippen LogP contribution >= 0.6 is 12.6 Å². The van der Waals surface area contributed by atoms with E-state index in [1.807, 2.05) is 62.4 Å². The lowest BCUT2D eigenvalue weighted by Gasteiger charge is -2.26. The topological polar surface area (TPSA) is 80.3 Å². The van der Waals surface area contributed by atoms with Gasteiger partial charge >= 0.3 is 12.0 Å². The number of nitrogens with zero attached hydrogens (tertiary/aromatic N) is 1. The largest absolute Gasteiger partial charge is 0.460 e. The highest BCUT2D eigenvalue weighted by atomic mass is 32.1. The molecule has 202 valence electrons. The Bertz CT molecular complexity index is 1200. The Morgan fingerprint density at radius 2 is 1.63 bits per heavy atom. The number of imide groups is 1. The van der Waals surface area contributed by atoms with Gasteiger partial charge in [0.15, 0.2) is 0 Å². The van der Waals surface area contributed by atoms with Gasteiger partial charge in [0.25, 0.3) is 5.24 Å². The van der Waals surface area contributed by atoms with Crippen LogP contribution < -0.4 is 5.32 Å². The Morgan fingerprint density at radius 1 is 1.00 bits per heavy atom. The summed E-state index contributed by atoms with van der Waals surface area (Å²) < 4.78 is 5.62. The van der Waals surface area contributed by atoms with Gasteiger partial charge in [-0.2, -0.15) is 0 Å². The molecule has 0 saturated heterocycles. The molecule has 0 spiro atoms. The molecule has 6 nitrogen and oxygen atoms in total. The minimum atomic E-state index is -0.622. The normalized spacial score (nSPS) is 15.9. The number of urea groups is 1. The summed E-state index contributed by atoms with van der Waals surface area (Å²) >= 11 is 3.89. The molecule has 2 N–H and O–H groups in total. The third-order valence-electron chi connectivity index (χ3n) is 6.78. The van der Waals surface area contributed by atoms with Crippen LogP contribution in [0.15, 0.2) is 71.8 Å². The van der Waals surface area contributed by atoms with Crippen LogP contribution in [0.1, 0.15) is 57.2 Å². The fourth-order valence-corrected chi connectivity index (χ4v) is 4.84. The molecule has 2 aromatic carbocycles. The average molecular weight is 536 g/mol. The second-order valence-corrected chi connectivity index (χ2v) is 11.0. The van der Waals surface area contributed by atoms with Crippen LogP contribution in [0.25, 0.3) is 0 Å². The maximum atomic E-state index is 12.8. The maximum absolute atomic E-state index is 12.8. The highest BCUT2D eigenvalue weighted by Gasteiger charge is 2.26. The number of amides is 3. The Balaban J connectivity index is 1.55. The van der Waals surface area contributed by atoms with Crippen molar-refractivity contribution >= 4 is 35.6 Å². The van der Waals surface area contributed by atoms with Gasteiger partial charge in [0.2, 0.25) is 0 Å². The fourth-order valence-electron chi connectivity index (χ4n) is 4.67. The zero-order valence-corrected chi connectivity index (χ0v) is 23.8. The summed E-state index contributed by atoms with van der Waals surface area (Å²) in [6.45, 7) is 10.7. The number of rotatable bonds is 9. The average Bonchev–Trinajstić information content (AvgIpc) is 2.87. The lowest BCUT2D eigenvalue weighted by molar-refractivity contribution is -0.471. The summed E-state index contributed by atoms with van der Waals surface area (Å²) in [7, 11) is 0. The molecule has 2 aromatic rings. The lowest BCUT2D eigenvalue weighted by Crippen LogP contribution is -2.85. The summed E-state index contributed by atoms with van der Waals surface area (Å²) in [5.41, 5.74) is 5.96. The van der Waals surface area contributed by atoms with E-state index in [1.54, 1.807) is 0 Å². The van der Waals surface area contributed by atoms with Crippen molar-refractivity contribution in [3.8, 4) is 0 Å². The molecule has 3 amide bonds. The molecule has 7 heteroatoms. The highest BCUT2D eigenvalue weighted by molar-refractivity contribution is 7.96. The van der Waals surface area contributed by atoms with Gasteiger partial charge in [-0.3, -0.25) is 9.59 Å². The number of carbonyl (C=O) groups is 3. The molecule has 0 aromatic heterocycles. The molecule has 1 aliphatic carbocycles. The minimum Gasteiger partial charge on any atom is -0.460 e. The predicted octanol–water partition coefficient (Wildman–Crippen LogP) is 6.48. The van der Waals surface area contributed by atoms with Crippen LogP contribution in [0.4, 0.5) is 15.3 Å². The molecule has 1 aliphatic rings. The van der Waals surface area contributed by atoms with Gasteiger partial charge in [-0.1, -0.05) is 98.7 Å². The lowest BCUT2D eigenvalue weighted by atomic mass is 9.80. The van der Waals surface area contributed by atoms with E-state index < -0.39 is 11.3 Å². The molecule has 0 saturated carbocycles. The molecule has 2 unspecified atom stereocenters. The number of thiol groups is 1. The summed E-state index contributed by atoms with van der Waals surface area (Å²) in [5, 5.41) is 0.800. The van der Waals surface area contributed by atoms with Crippen LogP contribution in [-0.2, 0) is 22.7 Å². The van der Waals surface area contributed by atoms with Gasteiger partial charge in [-0.05, 0) is 61.8 Å². The molecule has 0 heterocycles. The molecule has 0 aliphatic heterocycles. The van der Waals surface area contributed by atoms with E-state index in [2.05, 4.69) is 45.6 Å². The minimum absolute atomic E-state index is 0.0962. The third kappa shape index (κ3) is 8.43. The third-order valence-corrected chi connectivity index (χ3v) is 7.02. The van der Waals surface area contributed by atoms with Crippen molar-refractivity contribution in [2.75, 3.05) is 0 Å². The number of benzene rings is 2. The van der Waals surface area contributed by atoms with E-state index in [0.29, 0.717) is 11.8 Å².